The molecule has 5 amide bonds. The van der Waals surface area contributed by atoms with Crippen molar-refractivity contribution < 1.29 is 43.0 Å². The summed E-state index contributed by atoms with van der Waals surface area (Å²) in [5.41, 5.74) is 2.27. The number of carbonyl (C=O) groups is 5. The number of methoxy groups -OCH3 is 2. The van der Waals surface area contributed by atoms with Crippen LogP contribution in [0, 0.1) is 17.8 Å². The molecule has 1 aliphatic rings. The second kappa shape index (κ2) is 31.8. The van der Waals surface area contributed by atoms with Crippen molar-refractivity contribution in [2.75, 3.05) is 74.5 Å². The van der Waals surface area contributed by atoms with E-state index < -0.39 is 48.2 Å². The number of oxime groups is 1. The summed E-state index contributed by atoms with van der Waals surface area (Å²) in [5.74, 6) is -0.815. The van der Waals surface area contributed by atoms with Crippen LogP contribution in [0.1, 0.15) is 111 Å². The highest BCUT2D eigenvalue weighted by atomic mass is 16.6. The molecule has 0 bridgehead atoms. The molecule has 0 aromatic heterocycles. The third-order valence-electron chi connectivity index (χ3n) is 13.5. The Morgan fingerprint density at radius 2 is 1.51 bits per heavy atom. The largest absolute Gasteiger partial charge is 0.479 e. The normalized spacial score (nSPS) is 16.5. The predicted octanol–water partition coefficient (Wildman–Crippen LogP) is 6.34. The number of aliphatic imine (C=N–C) groups is 1. The number of guanidine groups is 1. The molecule has 2 aromatic carbocycles. The number of likely N-dealkylation sites (N-methyl/N-ethyl adjacent to an activating group) is 1. The monoisotopic (exact) mass is 1020 g/mol. The SMILES string of the molecule is CCOC(C)=NOCCCCCC(=O)NCc1ccc(NC(=O)[C@H](Cc2ccccc2)NC(=O)[C@H](C)[C@@H](OC)[C@@H]2CCCN2C(=O)C[C@@H](OC)[C@H]([C@@H](C)CC)N(C)C(=O)[C@@H](N=C(N(C)C)N(C)C)C(C)C)cc1. The van der Waals surface area contributed by atoms with Crippen molar-refractivity contribution in [3.05, 3.63) is 65.7 Å². The van der Waals surface area contributed by atoms with E-state index in [4.69, 9.17) is 24.0 Å². The molecule has 8 atom stereocenters. The molecule has 1 fully saturated rings. The van der Waals surface area contributed by atoms with Crippen LogP contribution in [0.4, 0.5) is 5.69 Å². The van der Waals surface area contributed by atoms with Gasteiger partial charge in [-0.05, 0) is 74.1 Å². The number of rotatable bonds is 29. The highest BCUT2D eigenvalue weighted by Gasteiger charge is 2.43. The third-order valence-corrected chi connectivity index (χ3v) is 13.5. The molecule has 3 N–H and O–H groups in total. The number of hydrogen-bond donors (Lipinski definition) is 3. The average Bonchev–Trinajstić information content (AvgIpc) is 3.85. The maximum atomic E-state index is 14.5. The van der Waals surface area contributed by atoms with Gasteiger partial charge in [-0.1, -0.05) is 88.7 Å². The fraction of sp³-hybridized carbons (Fsp3) is 0.655. The maximum absolute atomic E-state index is 14.5. The molecule has 1 aliphatic heterocycles. The number of carbonyl (C=O) groups excluding carboxylic acids is 5. The number of nitrogens with one attached hydrogen (secondary N) is 3. The topological polar surface area (TPSA) is 196 Å². The second-order valence-electron chi connectivity index (χ2n) is 19.9. The molecule has 0 unspecified atom stereocenters. The lowest BCUT2D eigenvalue weighted by molar-refractivity contribution is -0.146. The number of hydrogen-bond acceptors (Lipinski definition) is 11. The lowest BCUT2D eigenvalue weighted by atomic mass is 9.89. The number of benzene rings is 2. The quantitative estimate of drug-likeness (QED) is 0.0356. The van der Waals surface area contributed by atoms with Crippen molar-refractivity contribution in [3.63, 3.8) is 0 Å². The van der Waals surface area contributed by atoms with Crippen molar-refractivity contribution in [3.8, 4) is 0 Å². The van der Waals surface area contributed by atoms with Crippen LogP contribution in [0.2, 0.25) is 0 Å². The minimum absolute atomic E-state index is 0.00871. The summed E-state index contributed by atoms with van der Waals surface area (Å²) in [6.07, 6.45) is 3.77. The molecular formula is C55H89N9O9. The molecule has 18 heteroatoms. The van der Waals surface area contributed by atoms with Gasteiger partial charge >= 0.3 is 0 Å². The summed E-state index contributed by atoms with van der Waals surface area (Å²) in [4.78, 5) is 87.2. The molecule has 0 aliphatic carbocycles. The molecule has 1 heterocycles. The first-order chi connectivity index (χ1) is 34.8. The minimum Gasteiger partial charge on any atom is -0.479 e. The van der Waals surface area contributed by atoms with E-state index in [0.29, 0.717) is 56.7 Å². The maximum Gasteiger partial charge on any atom is 0.247 e. The highest BCUT2D eigenvalue weighted by Crippen LogP contribution is 2.30. The molecule has 18 nitrogen and oxygen atoms in total. The Balaban J connectivity index is 1.70. The number of likely N-dealkylation sites (tertiary alicyclic amines) is 1. The van der Waals surface area contributed by atoms with Crippen molar-refractivity contribution in [2.24, 2.45) is 27.9 Å². The van der Waals surface area contributed by atoms with Crippen molar-refractivity contribution >= 4 is 47.1 Å². The standard InChI is InChI=1S/C55H89N9O9/c1-15-38(5)50(63(12)54(69)49(37(3)4)59-55(61(8)9)62(10)11)46(70-13)35-48(66)64-32-23-26-45(64)51(71-14)39(6)52(67)58-44(34-41-24-19-17-20-25-41)53(68)57-43-30-28-42(29-31-43)36-56-47(65)27-21-18-22-33-73-60-40(7)72-16-2/h17,19-20,24-25,28-31,37-39,44-46,49-51H,15-16,18,21-23,26-27,32-36H2,1-14H3,(H,56,65)(H,57,68)(H,58,67)/t38-,39+,44-,45-,46+,49-,50-,51+/m0/s1. The van der Waals surface area contributed by atoms with Gasteiger partial charge in [0.2, 0.25) is 35.4 Å². The summed E-state index contributed by atoms with van der Waals surface area (Å²) in [6, 6.07) is 14.2. The van der Waals surface area contributed by atoms with E-state index in [1.807, 2.05) is 101 Å². The van der Waals surface area contributed by atoms with E-state index in [9.17, 15) is 24.0 Å². The Bertz CT molecular complexity index is 2060. The average molecular weight is 1020 g/mol. The summed E-state index contributed by atoms with van der Waals surface area (Å²) >= 11 is 0. The third kappa shape index (κ3) is 19.6. The lowest BCUT2D eigenvalue weighted by Gasteiger charge is -2.40. The first-order valence-corrected chi connectivity index (χ1v) is 26.1. The van der Waals surface area contributed by atoms with Gasteiger partial charge in [-0.2, -0.15) is 0 Å². The van der Waals surface area contributed by atoms with E-state index in [-0.39, 0.29) is 48.3 Å². The van der Waals surface area contributed by atoms with Crippen LogP contribution in [0.15, 0.2) is 64.7 Å². The minimum atomic E-state index is -0.938. The van der Waals surface area contributed by atoms with Crippen LogP contribution in [-0.4, -0.2) is 167 Å². The van der Waals surface area contributed by atoms with E-state index in [0.717, 1.165) is 43.2 Å². The van der Waals surface area contributed by atoms with Crippen LogP contribution < -0.4 is 16.0 Å². The first kappa shape index (κ1) is 61.5. The molecule has 0 saturated carbocycles. The van der Waals surface area contributed by atoms with Crippen molar-refractivity contribution in [1.29, 1.82) is 0 Å². The fourth-order valence-corrected chi connectivity index (χ4v) is 9.35. The second-order valence-corrected chi connectivity index (χ2v) is 19.9. The van der Waals surface area contributed by atoms with Crippen LogP contribution in [0.25, 0.3) is 0 Å². The Kier molecular flexibility index (Phi) is 26.8. The number of nitrogens with zero attached hydrogens (tertiary/aromatic N) is 6. The molecule has 0 radical (unpaired) electrons. The number of amides is 5. The molecule has 3 rings (SSSR count). The first-order valence-electron chi connectivity index (χ1n) is 26.1. The van der Waals surface area contributed by atoms with Gasteiger partial charge in [-0.3, -0.25) is 24.0 Å². The molecule has 73 heavy (non-hydrogen) atoms. The lowest BCUT2D eigenvalue weighted by Crippen LogP contribution is -2.55. The summed E-state index contributed by atoms with van der Waals surface area (Å²) in [5, 5.41) is 12.8. The van der Waals surface area contributed by atoms with Gasteiger partial charge in [-0.15, -0.1) is 0 Å². The molecule has 408 valence electrons. The van der Waals surface area contributed by atoms with Crippen LogP contribution in [0.5, 0.6) is 0 Å². The van der Waals surface area contributed by atoms with Crippen LogP contribution in [-0.2, 0) is 56.0 Å². The van der Waals surface area contributed by atoms with Gasteiger partial charge in [0.25, 0.3) is 0 Å². The number of ether oxygens (including phenoxy) is 3. The molecular weight excluding hydrogens is 931 g/mol. The zero-order valence-corrected chi connectivity index (χ0v) is 46.4. The van der Waals surface area contributed by atoms with E-state index in [1.165, 1.54) is 0 Å². The Morgan fingerprint density at radius 3 is 2.10 bits per heavy atom. The van der Waals surface area contributed by atoms with Gasteiger partial charge in [-0.25, -0.2) is 4.99 Å². The highest BCUT2D eigenvalue weighted by molar-refractivity contribution is 5.97. The summed E-state index contributed by atoms with van der Waals surface area (Å²) in [6.45, 7) is 15.3. The van der Waals surface area contributed by atoms with E-state index in [2.05, 4.69) is 35.0 Å². The van der Waals surface area contributed by atoms with Crippen LogP contribution in [0.3, 0.4) is 0 Å². The van der Waals surface area contributed by atoms with Crippen LogP contribution >= 0.6 is 0 Å². The van der Waals surface area contributed by atoms with Gasteiger partial charge in [0, 0.05) is 88.0 Å². The Labute approximate surface area is 436 Å². The van der Waals surface area contributed by atoms with Gasteiger partial charge in [0.05, 0.1) is 43.2 Å². The van der Waals surface area contributed by atoms with E-state index >= 15 is 0 Å². The van der Waals surface area contributed by atoms with Crippen molar-refractivity contribution in [2.45, 2.75) is 149 Å². The van der Waals surface area contributed by atoms with Gasteiger partial charge in [0.15, 0.2) is 5.96 Å². The Hall–Kier alpha value is -5.75. The molecule has 1 saturated heterocycles. The predicted molar refractivity (Wildman–Crippen MR) is 288 cm³/mol. The number of unbranched alkanes of at least 4 members (excludes halogenated alkanes) is 2. The molecule has 0 spiro atoms. The van der Waals surface area contributed by atoms with Gasteiger partial charge < -0.3 is 54.6 Å². The van der Waals surface area contributed by atoms with Crippen molar-refractivity contribution in [1.82, 2.24) is 30.2 Å². The zero-order valence-electron chi connectivity index (χ0n) is 46.4. The summed E-state index contributed by atoms with van der Waals surface area (Å²) < 4.78 is 17.4. The smallest absolute Gasteiger partial charge is 0.247 e. The summed E-state index contributed by atoms with van der Waals surface area (Å²) in [7, 11) is 12.5. The Morgan fingerprint density at radius 1 is 0.836 bits per heavy atom. The zero-order chi connectivity index (χ0) is 54.2. The van der Waals surface area contributed by atoms with Gasteiger partial charge in [0.1, 0.15) is 18.7 Å². The molecule has 2 aromatic rings. The van der Waals surface area contributed by atoms with E-state index in [1.54, 1.807) is 57.0 Å². The number of anilines is 1. The fourth-order valence-electron chi connectivity index (χ4n) is 9.35.